The van der Waals surface area contributed by atoms with Gasteiger partial charge in [-0.15, -0.1) is 0 Å². The number of aliphatic hydroxyl groups excluding tert-OH is 1. The molecule has 1 aliphatic heterocycles. The Hall–Kier alpha value is -1.10. The normalized spacial score (nSPS) is 16.1. The van der Waals surface area contributed by atoms with Gasteiger partial charge in [0.25, 0.3) is 0 Å². The predicted molar refractivity (Wildman–Crippen MR) is 82.5 cm³/mol. The van der Waals surface area contributed by atoms with Gasteiger partial charge in [-0.25, -0.2) is 0 Å². The first kappa shape index (κ1) is 15.3. The Morgan fingerprint density at radius 2 is 2.30 bits per heavy atom. The molecule has 112 valence electrons. The quantitative estimate of drug-likeness (QED) is 0.739. The molecule has 0 saturated carbocycles. The van der Waals surface area contributed by atoms with Gasteiger partial charge >= 0.3 is 0 Å². The fourth-order valence-electron chi connectivity index (χ4n) is 2.76. The molecule has 0 amide bonds. The molecular formula is C16H26N2O2. The molecule has 1 aliphatic rings. The Labute approximate surface area is 121 Å². The predicted octanol–water partition coefficient (Wildman–Crippen LogP) is 1.34. The first-order valence-corrected chi connectivity index (χ1v) is 7.43. The van der Waals surface area contributed by atoms with Gasteiger partial charge in [0.05, 0.1) is 12.7 Å². The first-order chi connectivity index (χ1) is 9.70. The summed E-state index contributed by atoms with van der Waals surface area (Å²) in [6.45, 7) is 5.93. The van der Waals surface area contributed by atoms with E-state index in [-0.39, 0.29) is 6.10 Å². The number of nitrogens with one attached hydrogen (secondary N) is 1. The van der Waals surface area contributed by atoms with Crippen LogP contribution in [0.1, 0.15) is 17.5 Å². The molecule has 1 aromatic rings. The van der Waals surface area contributed by atoms with Gasteiger partial charge in [-0.1, -0.05) is 17.7 Å². The lowest BCUT2D eigenvalue weighted by Crippen LogP contribution is -2.41. The second-order valence-electron chi connectivity index (χ2n) is 5.53. The Bertz CT molecular complexity index is 423. The molecule has 0 aromatic heterocycles. The van der Waals surface area contributed by atoms with Crippen molar-refractivity contribution in [2.45, 2.75) is 25.9 Å². The monoisotopic (exact) mass is 278 g/mol. The molecule has 20 heavy (non-hydrogen) atoms. The van der Waals surface area contributed by atoms with Crippen LogP contribution in [-0.2, 0) is 11.2 Å². The van der Waals surface area contributed by atoms with Gasteiger partial charge in [-0.3, -0.25) is 0 Å². The maximum Gasteiger partial charge on any atom is 0.0839 e. The average Bonchev–Trinajstić information content (AvgIpc) is 2.43. The number of aryl methyl sites for hydroxylation is 2. The highest BCUT2D eigenvalue weighted by atomic mass is 16.5. The molecule has 2 rings (SSSR count). The second-order valence-corrected chi connectivity index (χ2v) is 5.53. The van der Waals surface area contributed by atoms with E-state index < -0.39 is 0 Å². The largest absolute Gasteiger partial charge is 0.390 e. The summed E-state index contributed by atoms with van der Waals surface area (Å²) in [6, 6.07) is 6.61. The molecule has 0 bridgehead atoms. The van der Waals surface area contributed by atoms with Crippen LogP contribution in [0.4, 0.5) is 5.69 Å². The van der Waals surface area contributed by atoms with E-state index in [9.17, 15) is 5.11 Å². The van der Waals surface area contributed by atoms with Crippen LogP contribution in [0.2, 0.25) is 0 Å². The lowest BCUT2D eigenvalue weighted by molar-refractivity contribution is 0.163. The van der Waals surface area contributed by atoms with E-state index in [1.54, 1.807) is 7.11 Å². The lowest BCUT2D eigenvalue weighted by Gasteiger charge is -2.33. The van der Waals surface area contributed by atoms with Gasteiger partial charge in [-0.2, -0.15) is 0 Å². The van der Waals surface area contributed by atoms with Crippen LogP contribution in [0.5, 0.6) is 0 Å². The van der Waals surface area contributed by atoms with Crippen LogP contribution in [0.25, 0.3) is 0 Å². The number of rotatable bonds is 7. The van der Waals surface area contributed by atoms with Crippen molar-refractivity contribution in [3.63, 3.8) is 0 Å². The van der Waals surface area contributed by atoms with Crippen molar-refractivity contribution in [2.24, 2.45) is 0 Å². The van der Waals surface area contributed by atoms with Gasteiger partial charge in [0.2, 0.25) is 0 Å². The topological polar surface area (TPSA) is 44.7 Å². The highest BCUT2D eigenvalue weighted by Gasteiger charge is 2.19. The van der Waals surface area contributed by atoms with Crippen molar-refractivity contribution in [3.8, 4) is 0 Å². The zero-order valence-electron chi connectivity index (χ0n) is 12.6. The van der Waals surface area contributed by atoms with E-state index in [1.807, 2.05) is 0 Å². The number of hydrogen-bond acceptors (Lipinski definition) is 4. The molecule has 2 N–H and O–H groups in total. The molecule has 1 heterocycles. The zero-order valence-corrected chi connectivity index (χ0v) is 12.6. The first-order valence-electron chi connectivity index (χ1n) is 7.43. The van der Waals surface area contributed by atoms with Gasteiger partial charge in [0.1, 0.15) is 0 Å². The molecule has 1 unspecified atom stereocenters. The summed E-state index contributed by atoms with van der Waals surface area (Å²) in [5, 5.41) is 13.3. The minimum absolute atomic E-state index is 0.348. The minimum Gasteiger partial charge on any atom is -0.390 e. The standard InChI is InChI=1S/C16H26N2O2/c1-13-5-6-16-14(10-13)4-3-8-18(16)12-15(19)11-17-7-9-20-2/h5-6,10,15,17,19H,3-4,7-9,11-12H2,1-2H3. The minimum atomic E-state index is -0.348. The van der Waals surface area contributed by atoms with Crippen LogP contribution >= 0.6 is 0 Å². The molecule has 1 atom stereocenters. The Kier molecular flexibility index (Phi) is 5.83. The van der Waals surface area contributed by atoms with Crippen LogP contribution in [-0.4, -0.2) is 51.1 Å². The van der Waals surface area contributed by atoms with Crippen molar-refractivity contribution in [1.82, 2.24) is 5.32 Å². The molecule has 0 radical (unpaired) electrons. The summed E-state index contributed by atoms with van der Waals surface area (Å²) in [7, 11) is 1.69. The summed E-state index contributed by atoms with van der Waals surface area (Å²) < 4.78 is 4.98. The number of methoxy groups -OCH3 is 1. The number of benzene rings is 1. The molecule has 4 nitrogen and oxygen atoms in total. The lowest BCUT2D eigenvalue weighted by atomic mass is 9.99. The SMILES string of the molecule is COCCNCC(O)CN1CCCc2cc(C)ccc21. The third kappa shape index (κ3) is 4.20. The third-order valence-electron chi connectivity index (χ3n) is 3.74. The number of nitrogens with zero attached hydrogens (tertiary/aromatic N) is 1. The molecule has 0 saturated heterocycles. The van der Waals surface area contributed by atoms with Crippen molar-refractivity contribution >= 4 is 5.69 Å². The van der Waals surface area contributed by atoms with Gasteiger partial charge in [0, 0.05) is 39.0 Å². The van der Waals surface area contributed by atoms with Crippen molar-refractivity contribution < 1.29 is 9.84 Å². The average molecular weight is 278 g/mol. The summed E-state index contributed by atoms with van der Waals surface area (Å²) >= 11 is 0. The number of ether oxygens (including phenoxy) is 1. The fourth-order valence-corrected chi connectivity index (χ4v) is 2.76. The summed E-state index contributed by atoms with van der Waals surface area (Å²) in [5.74, 6) is 0. The number of fused-ring (bicyclic) bond motifs is 1. The highest BCUT2D eigenvalue weighted by molar-refractivity contribution is 5.56. The molecule has 1 aromatic carbocycles. The van der Waals surface area contributed by atoms with E-state index in [0.717, 1.165) is 19.5 Å². The van der Waals surface area contributed by atoms with Gasteiger partial charge < -0.3 is 20.1 Å². The van der Waals surface area contributed by atoms with E-state index in [1.165, 1.54) is 23.2 Å². The van der Waals surface area contributed by atoms with Crippen molar-refractivity contribution in [3.05, 3.63) is 29.3 Å². The highest BCUT2D eigenvalue weighted by Crippen LogP contribution is 2.27. The smallest absolute Gasteiger partial charge is 0.0839 e. The second kappa shape index (κ2) is 7.62. The number of hydrogen-bond donors (Lipinski definition) is 2. The number of β-amino-alcohol motifs (C(OH)–C–C–N with tert-alkyl or cyclic N) is 1. The molecule has 0 fully saturated rings. The number of anilines is 1. The van der Waals surface area contributed by atoms with Crippen LogP contribution < -0.4 is 10.2 Å². The summed E-state index contributed by atoms with van der Waals surface area (Å²) in [5.41, 5.74) is 4.01. The van der Waals surface area contributed by atoms with E-state index >= 15 is 0 Å². The van der Waals surface area contributed by atoms with E-state index in [4.69, 9.17) is 4.74 Å². The van der Waals surface area contributed by atoms with Gasteiger partial charge in [-0.05, 0) is 31.4 Å². The molecule has 0 aliphatic carbocycles. The maximum atomic E-state index is 10.1. The Morgan fingerprint density at radius 3 is 3.10 bits per heavy atom. The zero-order chi connectivity index (χ0) is 14.4. The number of aliphatic hydroxyl groups is 1. The molecule has 4 heteroatoms. The summed E-state index contributed by atoms with van der Waals surface area (Å²) in [4.78, 5) is 2.31. The van der Waals surface area contributed by atoms with E-state index in [0.29, 0.717) is 19.7 Å². The van der Waals surface area contributed by atoms with Crippen molar-refractivity contribution in [2.75, 3.05) is 44.8 Å². The molecular weight excluding hydrogens is 252 g/mol. The fraction of sp³-hybridized carbons (Fsp3) is 0.625. The summed E-state index contributed by atoms with van der Waals surface area (Å²) in [6.07, 6.45) is 1.97. The Balaban J connectivity index is 1.88. The van der Waals surface area contributed by atoms with E-state index in [2.05, 4.69) is 35.3 Å². The van der Waals surface area contributed by atoms with Crippen LogP contribution in [0.3, 0.4) is 0 Å². The molecule has 0 spiro atoms. The maximum absolute atomic E-state index is 10.1. The van der Waals surface area contributed by atoms with Crippen LogP contribution in [0.15, 0.2) is 18.2 Å². The third-order valence-corrected chi connectivity index (χ3v) is 3.74. The van der Waals surface area contributed by atoms with Gasteiger partial charge in [0.15, 0.2) is 0 Å². The Morgan fingerprint density at radius 1 is 1.45 bits per heavy atom. The van der Waals surface area contributed by atoms with Crippen molar-refractivity contribution in [1.29, 1.82) is 0 Å². The van der Waals surface area contributed by atoms with Crippen LogP contribution in [0, 0.1) is 6.92 Å².